The van der Waals surface area contributed by atoms with Crippen molar-refractivity contribution in [3.05, 3.63) is 59.7 Å². The minimum atomic E-state index is -2.96. The van der Waals surface area contributed by atoms with E-state index in [2.05, 4.69) is 20.8 Å². The van der Waals surface area contributed by atoms with Crippen LogP contribution in [0.3, 0.4) is 0 Å². The maximum absolute atomic E-state index is 14.7. The second kappa shape index (κ2) is 9.36. The van der Waals surface area contributed by atoms with E-state index in [0.29, 0.717) is 42.0 Å². The average molecular weight is 473 g/mol. The lowest BCUT2D eigenvalue weighted by atomic mass is 10.00. The van der Waals surface area contributed by atoms with Crippen molar-refractivity contribution in [2.45, 2.75) is 19.9 Å². The summed E-state index contributed by atoms with van der Waals surface area (Å²) in [7, 11) is -2.96. The summed E-state index contributed by atoms with van der Waals surface area (Å²) in [6.07, 6.45) is 1.40. The summed E-state index contributed by atoms with van der Waals surface area (Å²) in [6.45, 7) is 5.12. The summed E-state index contributed by atoms with van der Waals surface area (Å²) in [4.78, 5) is 15.1. The Labute approximate surface area is 191 Å². The van der Waals surface area contributed by atoms with Gasteiger partial charge in [0.1, 0.15) is 12.1 Å². The number of tetrazole rings is 1. The predicted octanol–water partition coefficient (Wildman–Crippen LogP) is 1.63. The Morgan fingerprint density at radius 1 is 1.18 bits per heavy atom. The van der Waals surface area contributed by atoms with Crippen LogP contribution in [-0.2, 0) is 9.84 Å². The molecule has 11 heteroatoms. The molecule has 0 saturated carbocycles. The molecule has 9 nitrogen and oxygen atoms in total. The first-order valence-corrected chi connectivity index (χ1v) is 12.4. The van der Waals surface area contributed by atoms with Gasteiger partial charge >= 0.3 is 0 Å². The number of nitrogens with zero attached hydrogens (tertiary/aromatic N) is 5. The van der Waals surface area contributed by atoms with E-state index < -0.39 is 9.84 Å². The zero-order chi connectivity index (χ0) is 23.6. The van der Waals surface area contributed by atoms with Crippen LogP contribution in [0, 0.1) is 12.7 Å². The van der Waals surface area contributed by atoms with Crippen LogP contribution >= 0.6 is 0 Å². The number of benzene rings is 2. The minimum Gasteiger partial charge on any atom is -0.348 e. The number of aryl methyl sites for hydroxylation is 1. The predicted molar refractivity (Wildman–Crippen MR) is 121 cm³/mol. The second-order valence-electron chi connectivity index (χ2n) is 8.33. The summed E-state index contributed by atoms with van der Waals surface area (Å²) in [5.41, 5.74) is 2.56. The molecule has 1 aromatic heterocycles. The number of hydrogen-bond donors (Lipinski definition) is 1. The van der Waals surface area contributed by atoms with Crippen LogP contribution in [0.1, 0.15) is 22.8 Å². The standard InChI is InChI=1S/C22H25FN6O3S/c1-15-3-4-20(21(23)9-15)17-10-18(12-19(11-17)29-14-24-26-27-29)22(30)25-16(2)13-28-5-7-33(31,32)8-6-28/h3-4,9-12,14,16H,5-8,13H2,1-2H3,(H,25,30)/t16-/m1/s1. The summed E-state index contributed by atoms with van der Waals surface area (Å²) < 4.78 is 39.3. The number of sulfone groups is 1. The maximum atomic E-state index is 14.7. The smallest absolute Gasteiger partial charge is 0.251 e. The SMILES string of the molecule is Cc1ccc(-c2cc(C(=O)N[C@H](C)CN3CCS(=O)(=O)CC3)cc(-n3cnnn3)c2)c(F)c1. The highest BCUT2D eigenvalue weighted by Gasteiger charge is 2.23. The van der Waals surface area contributed by atoms with E-state index in [9.17, 15) is 17.6 Å². The summed E-state index contributed by atoms with van der Waals surface area (Å²) in [6, 6.07) is 9.71. The lowest BCUT2D eigenvalue weighted by Gasteiger charge is -2.29. The number of nitrogens with one attached hydrogen (secondary N) is 1. The van der Waals surface area contributed by atoms with E-state index in [1.54, 1.807) is 24.3 Å². The number of amides is 1. The highest BCUT2D eigenvalue weighted by atomic mass is 32.2. The molecular weight excluding hydrogens is 447 g/mol. The van der Waals surface area contributed by atoms with Crippen molar-refractivity contribution >= 4 is 15.7 Å². The molecule has 0 radical (unpaired) electrons. The number of rotatable bonds is 6. The topological polar surface area (TPSA) is 110 Å². The van der Waals surface area contributed by atoms with Gasteiger partial charge in [-0.15, -0.1) is 5.10 Å². The molecule has 1 saturated heterocycles. The largest absolute Gasteiger partial charge is 0.348 e. The van der Waals surface area contributed by atoms with Gasteiger partial charge in [0.25, 0.3) is 5.91 Å². The Morgan fingerprint density at radius 2 is 1.94 bits per heavy atom. The fourth-order valence-corrected chi connectivity index (χ4v) is 5.11. The molecule has 1 aliphatic heterocycles. The normalized spacial score (nSPS) is 16.9. The molecule has 1 aliphatic rings. The van der Waals surface area contributed by atoms with Crippen LogP contribution in [0.15, 0.2) is 42.7 Å². The van der Waals surface area contributed by atoms with Crippen molar-refractivity contribution in [2.24, 2.45) is 0 Å². The third kappa shape index (κ3) is 5.60. The van der Waals surface area contributed by atoms with Gasteiger partial charge in [-0.3, -0.25) is 9.69 Å². The second-order valence-corrected chi connectivity index (χ2v) is 10.6. The third-order valence-electron chi connectivity index (χ3n) is 5.58. The van der Waals surface area contributed by atoms with Gasteiger partial charge < -0.3 is 5.32 Å². The Bertz CT molecular complexity index is 1250. The van der Waals surface area contributed by atoms with E-state index in [4.69, 9.17) is 0 Å². The van der Waals surface area contributed by atoms with E-state index in [1.165, 1.54) is 17.1 Å². The van der Waals surface area contributed by atoms with Crippen molar-refractivity contribution in [1.29, 1.82) is 0 Å². The zero-order valence-electron chi connectivity index (χ0n) is 18.4. The van der Waals surface area contributed by atoms with Crippen LogP contribution in [-0.4, -0.2) is 76.6 Å². The van der Waals surface area contributed by atoms with Gasteiger partial charge in [0.2, 0.25) is 0 Å². The van der Waals surface area contributed by atoms with Crippen LogP contribution < -0.4 is 5.32 Å². The first-order chi connectivity index (χ1) is 15.7. The molecule has 2 aromatic carbocycles. The van der Waals surface area contributed by atoms with Gasteiger partial charge in [-0.2, -0.15) is 0 Å². The Morgan fingerprint density at radius 3 is 2.61 bits per heavy atom. The molecule has 0 unspecified atom stereocenters. The fourth-order valence-electron chi connectivity index (χ4n) is 3.84. The first kappa shape index (κ1) is 23.0. The van der Waals surface area contributed by atoms with Crippen molar-refractivity contribution < 1.29 is 17.6 Å². The molecule has 3 aromatic rings. The molecule has 174 valence electrons. The maximum Gasteiger partial charge on any atom is 0.251 e. The highest BCUT2D eigenvalue weighted by molar-refractivity contribution is 7.91. The van der Waals surface area contributed by atoms with E-state index in [0.717, 1.165) is 5.56 Å². The fraction of sp³-hybridized carbons (Fsp3) is 0.364. The van der Waals surface area contributed by atoms with Gasteiger partial charge in [-0.25, -0.2) is 17.5 Å². The van der Waals surface area contributed by atoms with Crippen molar-refractivity contribution in [1.82, 2.24) is 30.4 Å². The number of carbonyl (C=O) groups is 1. The molecule has 33 heavy (non-hydrogen) atoms. The summed E-state index contributed by atoms with van der Waals surface area (Å²) >= 11 is 0. The van der Waals surface area contributed by atoms with Gasteiger partial charge in [0, 0.05) is 36.8 Å². The molecule has 1 atom stereocenters. The molecule has 0 aliphatic carbocycles. The van der Waals surface area contributed by atoms with Crippen molar-refractivity contribution in [3.8, 4) is 16.8 Å². The lowest BCUT2D eigenvalue weighted by molar-refractivity contribution is 0.0930. The summed E-state index contributed by atoms with van der Waals surface area (Å²) in [5, 5.41) is 14.1. The zero-order valence-corrected chi connectivity index (χ0v) is 19.2. The van der Waals surface area contributed by atoms with Crippen LogP contribution in [0.2, 0.25) is 0 Å². The van der Waals surface area contributed by atoms with E-state index >= 15 is 0 Å². The number of carbonyl (C=O) groups excluding carboxylic acids is 1. The van der Waals surface area contributed by atoms with Gasteiger partial charge in [-0.1, -0.05) is 12.1 Å². The lowest BCUT2D eigenvalue weighted by Crippen LogP contribution is -2.47. The molecule has 0 bridgehead atoms. The molecule has 1 fully saturated rings. The van der Waals surface area contributed by atoms with Crippen molar-refractivity contribution in [3.63, 3.8) is 0 Å². The molecule has 1 amide bonds. The Kier molecular flexibility index (Phi) is 6.52. The molecule has 4 rings (SSSR count). The van der Waals surface area contributed by atoms with Crippen LogP contribution in [0.5, 0.6) is 0 Å². The third-order valence-corrected chi connectivity index (χ3v) is 7.18. The Balaban J connectivity index is 1.57. The molecule has 0 spiro atoms. The van der Waals surface area contributed by atoms with Crippen LogP contribution in [0.25, 0.3) is 16.8 Å². The van der Waals surface area contributed by atoms with E-state index in [-0.39, 0.29) is 29.3 Å². The highest BCUT2D eigenvalue weighted by Crippen LogP contribution is 2.27. The van der Waals surface area contributed by atoms with Crippen molar-refractivity contribution in [2.75, 3.05) is 31.1 Å². The van der Waals surface area contributed by atoms with Gasteiger partial charge in [-0.05, 0) is 59.7 Å². The number of aromatic nitrogens is 4. The monoisotopic (exact) mass is 472 g/mol. The quantitative estimate of drug-likeness (QED) is 0.581. The number of halogens is 1. The van der Waals surface area contributed by atoms with E-state index in [1.807, 2.05) is 24.8 Å². The molecule has 2 heterocycles. The number of hydrogen-bond acceptors (Lipinski definition) is 7. The summed E-state index contributed by atoms with van der Waals surface area (Å²) in [5.74, 6) is -0.445. The molecular formula is C22H25FN6O3S. The van der Waals surface area contributed by atoms with Gasteiger partial charge in [0.15, 0.2) is 9.84 Å². The minimum absolute atomic E-state index is 0.132. The molecule has 1 N–H and O–H groups in total. The average Bonchev–Trinajstić information content (AvgIpc) is 3.30. The van der Waals surface area contributed by atoms with Crippen LogP contribution in [0.4, 0.5) is 4.39 Å². The Hall–Kier alpha value is -3.18. The first-order valence-electron chi connectivity index (χ1n) is 10.6. The van der Waals surface area contributed by atoms with Gasteiger partial charge in [0.05, 0.1) is 17.2 Å².